The van der Waals surface area contributed by atoms with E-state index in [4.69, 9.17) is 0 Å². The number of aryl methyl sites for hydroxylation is 1. The molecular formula is C15H20N2O. The van der Waals surface area contributed by atoms with Crippen molar-refractivity contribution in [1.82, 2.24) is 9.78 Å². The molecule has 0 saturated heterocycles. The van der Waals surface area contributed by atoms with Crippen molar-refractivity contribution >= 4 is 0 Å². The zero-order valence-electron chi connectivity index (χ0n) is 11.2. The Morgan fingerprint density at radius 1 is 1.22 bits per heavy atom. The second-order valence-electron chi connectivity index (χ2n) is 4.61. The monoisotopic (exact) mass is 244 g/mol. The molecule has 3 nitrogen and oxygen atoms in total. The lowest BCUT2D eigenvalue weighted by Gasteiger charge is -2.12. The van der Waals surface area contributed by atoms with Gasteiger partial charge in [-0.05, 0) is 31.4 Å². The second-order valence-corrected chi connectivity index (χ2v) is 4.61. The average Bonchev–Trinajstić information content (AvgIpc) is 2.65. The summed E-state index contributed by atoms with van der Waals surface area (Å²) in [6.07, 6.45) is 0.480. The summed E-state index contributed by atoms with van der Waals surface area (Å²) in [6.45, 7) is 6.74. The number of nitrogens with zero attached hydrogens (tertiary/aromatic N) is 2. The molecule has 2 rings (SSSR count). The van der Waals surface area contributed by atoms with Gasteiger partial charge in [0.05, 0.1) is 18.3 Å². The smallest absolute Gasteiger partial charge is 0.0985 e. The predicted molar refractivity (Wildman–Crippen MR) is 72.5 cm³/mol. The summed E-state index contributed by atoms with van der Waals surface area (Å²) < 4.78 is 1.91. The maximum atomic E-state index is 10.2. The van der Waals surface area contributed by atoms with Crippen LogP contribution in [0.25, 0.3) is 0 Å². The molecule has 1 unspecified atom stereocenters. The highest BCUT2D eigenvalue weighted by atomic mass is 16.3. The fourth-order valence-corrected chi connectivity index (χ4v) is 2.37. The largest absolute Gasteiger partial charge is 0.386 e. The molecule has 1 heterocycles. The third kappa shape index (κ3) is 2.46. The third-order valence-electron chi connectivity index (χ3n) is 3.42. The minimum atomic E-state index is -0.506. The molecule has 3 heteroatoms. The molecule has 1 N–H and O–H groups in total. The number of hydrogen-bond donors (Lipinski definition) is 1. The van der Waals surface area contributed by atoms with Crippen LogP contribution in [0.3, 0.4) is 0 Å². The Morgan fingerprint density at radius 2 is 1.89 bits per heavy atom. The van der Waals surface area contributed by atoms with Crippen LogP contribution < -0.4 is 0 Å². The van der Waals surface area contributed by atoms with Gasteiger partial charge in [-0.3, -0.25) is 4.68 Å². The molecule has 96 valence electrons. The topological polar surface area (TPSA) is 38.0 Å². The molecule has 2 aromatic rings. The van der Waals surface area contributed by atoms with Crippen molar-refractivity contribution in [1.29, 1.82) is 0 Å². The first-order valence-electron chi connectivity index (χ1n) is 6.39. The molecule has 0 aliphatic carbocycles. The molecule has 0 spiro atoms. The first-order chi connectivity index (χ1) is 8.63. The average molecular weight is 244 g/mol. The van der Waals surface area contributed by atoms with E-state index in [-0.39, 0.29) is 0 Å². The van der Waals surface area contributed by atoms with Crippen LogP contribution in [-0.2, 0) is 13.0 Å². The first-order valence-corrected chi connectivity index (χ1v) is 6.39. The van der Waals surface area contributed by atoms with Crippen LogP contribution in [0.15, 0.2) is 30.3 Å². The quantitative estimate of drug-likeness (QED) is 0.898. The molecule has 1 aromatic carbocycles. The molecular weight excluding hydrogens is 224 g/mol. The Bertz CT molecular complexity index is 517. The Hall–Kier alpha value is -1.61. The van der Waals surface area contributed by atoms with Gasteiger partial charge in [-0.2, -0.15) is 5.10 Å². The molecule has 1 atom stereocenters. The molecule has 0 amide bonds. The number of aliphatic hydroxyl groups is 1. The van der Waals surface area contributed by atoms with Crippen LogP contribution in [-0.4, -0.2) is 14.9 Å². The molecule has 0 aliphatic heterocycles. The summed E-state index contributed by atoms with van der Waals surface area (Å²) in [7, 11) is 0. The Morgan fingerprint density at radius 3 is 2.44 bits per heavy atom. The molecule has 0 saturated carbocycles. The minimum absolute atomic E-state index is 0.506. The van der Waals surface area contributed by atoms with E-state index < -0.39 is 6.10 Å². The number of aliphatic hydroxyl groups excluding tert-OH is 1. The van der Waals surface area contributed by atoms with E-state index in [2.05, 4.69) is 18.9 Å². The van der Waals surface area contributed by atoms with Gasteiger partial charge in [0, 0.05) is 5.69 Å². The van der Waals surface area contributed by atoms with Gasteiger partial charge in [0.2, 0.25) is 0 Å². The lowest BCUT2D eigenvalue weighted by molar-refractivity contribution is 0.150. The maximum absolute atomic E-state index is 10.2. The van der Waals surface area contributed by atoms with Gasteiger partial charge in [-0.15, -0.1) is 0 Å². The second kappa shape index (κ2) is 5.36. The molecule has 0 radical (unpaired) electrons. The van der Waals surface area contributed by atoms with Gasteiger partial charge in [-0.25, -0.2) is 0 Å². The molecule has 18 heavy (non-hydrogen) atoms. The van der Waals surface area contributed by atoms with Crippen molar-refractivity contribution in [2.75, 3.05) is 0 Å². The summed E-state index contributed by atoms with van der Waals surface area (Å²) in [5, 5.41) is 14.7. The van der Waals surface area contributed by atoms with Crippen LogP contribution >= 0.6 is 0 Å². The van der Waals surface area contributed by atoms with E-state index in [1.807, 2.05) is 41.9 Å². The first kappa shape index (κ1) is 12.8. The van der Waals surface area contributed by atoms with Gasteiger partial charge >= 0.3 is 0 Å². The lowest BCUT2D eigenvalue weighted by Crippen LogP contribution is -2.11. The summed E-state index contributed by atoms with van der Waals surface area (Å²) in [5.41, 5.74) is 4.44. The number of aromatic nitrogens is 2. The van der Waals surface area contributed by atoms with E-state index in [9.17, 15) is 5.11 Å². The zero-order valence-corrected chi connectivity index (χ0v) is 11.2. The molecule has 0 aliphatic rings. The number of rotatable bonds is 4. The van der Waals surface area contributed by atoms with Gasteiger partial charge in [-0.1, -0.05) is 37.3 Å². The number of benzene rings is 1. The van der Waals surface area contributed by atoms with Gasteiger partial charge < -0.3 is 5.11 Å². The highest BCUT2D eigenvalue weighted by Crippen LogP contribution is 2.18. The van der Waals surface area contributed by atoms with Crippen molar-refractivity contribution in [3.05, 3.63) is 52.8 Å². The van der Waals surface area contributed by atoms with E-state index in [1.165, 1.54) is 5.56 Å². The van der Waals surface area contributed by atoms with Crippen LogP contribution in [0.4, 0.5) is 0 Å². The highest BCUT2D eigenvalue weighted by Gasteiger charge is 2.14. The van der Waals surface area contributed by atoms with Crippen molar-refractivity contribution < 1.29 is 5.11 Å². The Kier molecular flexibility index (Phi) is 3.82. The molecule has 1 aromatic heterocycles. The van der Waals surface area contributed by atoms with Gasteiger partial charge in [0.1, 0.15) is 0 Å². The zero-order chi connectivity index (χ0) is 13.1. The van der Waals surface area contributed by atoms with Crippen molar-refractivity contribution in [2.45, 2.75) is 39.8 Å². The lowest BCUT2D eigenvalue weighted by atomic mass is 10.1. The van der Waals surface area contributed by atoms with Crippen LogP contribution in [0, 0.1) is 13.8 Å². The fraction of sp³-hybridized carbons (Fsp3) is 0.400. The summed E-state index contributed by atoms with van der Waals surface area (Å²) in [6, 6.07) is 9.72. The van der Waals surface area contributed by atoms with Crippen LogP contribution in [0.5, 0.6) is 0 Å². The van der Waals surface area contributed by atoms with Crippen molar-refractivity contribution in [3.8, 4) is 0 Å². The van der Waals surface area contributed by atoms with Crippen LogP contribution in [0.1, 0.15) is 35.5 Å². The van der Waals surface area contributed by atoms with Crippen LogP contribution in [0.2, 0.25) is 0 Å². The van der Waals surface area contributed by atoms with E-state index >= 15 is 0 Å². The Balaban J connectivity index is 2.20. The summed E-state index contributed by atoms with van der Waals surface area (Å²) in [4.78, 5) is 0. The predicted octanol–water partition coefficient (Wildman–Crippen LogP) is 2.80. The van der Waals surface area contributed by atoms with Crippen molar-refractivity contribution in [3.63, 3.8) is 0 Å². The van der Waals surface area contributed by atoms with E-state index in [0.29, 0.717) is 6.54 Å². The minimum Gasteiger partial charge on any atom is -0.386 e. The molecule has 0 fully saturated rings. The fourth-order valence-electron chi connectivity index (χ4n) is 2.37. The third-order valence-corrected chi connectivity index (χ3v) is 3.42. The van der Waals surface area contributed by atoms with Crippen molar-refractivity contribution in [2.24, 2.45) is 0 Å². The highest BCUT2D eigenvalue weighted by molar-refractivity contribution is 5.25. The summed E-state index contributed by atoms with van der Waals surface area (Å²) in [5.74, 6) is 0. The maximum Gasteiger partial charge on any atom is 0.0985 e. The van der Waals surface area contributed by atoms with Gasteiger partial charge in [0.25, 0.3) is 0 Å². The SMILES string of the molecule is CCc1c(C)nn(CC(O)c2ccccc2)c1C. The summed E-state index contributed by atoms with van der Waals surface area (Å²) >= 11 is 0. The normalized spacial score (nSPS) is 12.7. The number of hydrogen-bond acceptors (Lipinski definition) is 2. The van der Waals surface area contributed by atoms with E-state index in [0.717, 1.165) is 23.4 Å². The van der Waals surface area contributed by atoms with Gasteiger partial charge in [0.15, 0.2) is 0 Å². The standard InChI is InChI=1S/C15H20N2O/c1-4-14-11(2)16-17(12(14)3)10-15(18)13-8-6-5-7-9-13/h5-9,15,18H,4,10H2,1-3H3. The Labute approximate surface area is 108 Å². The van der Waals surface area contributed by atoms with E-state index in [1.54, 1.807) is 0 Å². The molecule has 0 bridgehead atoms.